The Morgan fingerprint density at radius 1 is 0.938 bits per heavy atom. The molecule has 32 heavy (non-hydrogen) atoms. The molecule has 0 saturated heterocycles. The van der Waals surface area contributed by atoms with Crippen molar-refractivity contribution in [3.63, 3.8) is 0 Å². The van der Waals surface area contributed by atoms with Gasteiger partial charge < -0.3 is 15.3 Å². The van der Waals surface area contributed by atoms with E-state index < -0.39 is 35.6 Å². The summed E-state index contributed by atoms with van der Waals surface area (Å²) in [5.41, 5.74) is -0.994. The van der Waals surface area contributed by atoms with Crippen LogP contribution in [-0.4, -0.2) is 39.1 Å². The molecule has 0 bridgehead atoms. The van der Waals surface area contributed by atoms with Gasteiger partial charge in [-0.1, -0.05) is 33.6 Å². The van der Waals surface area contributed by atoms with Crippen LogP contribution in [0.4, 0.5) is 8.78 Å². The second-order valence-corrected chi connectivity index (χ2v) is 13.3. The Labute approximate surface area is 193 Å². The molecule has 0 aromatic heterocycles. The second-order valence-electron chi connectivity index (χ2n) is 13.3. The van der Waals surface area contributed by atoms with Crippen LogP contribution >= 0.6 is 0 Å². The number of aliphatic hydroxyl groups excluding tert-OH is 2. The molecule has 0 radical (unpaired) electrons. The van der Waals surface area contributed by atoms with Crippen molar-refractivity contribution in [1.29, 1.82) is 0 Å². The van der Waals surface area contributed by atoms with E-state index >= 15 is 8.78 Å². The van der Waals surface area contributed by atoms with E-state index in [0.29, 0.717) is 18.3 Å². The Balaban J connectivity index is 1.55. The molecule has 0 heterocycles. The summed E-state index contributed by atoms with van der Waals surface area (Å²) in [5, 5.41) is 30.9. The summed E-state index contributed by atoms with van der Waals surface area (Å²) < 4.78 is 31.7. The smallest absolute Gasteiger partial charge is 0.251 e. The fraction of sp³-hybridized carbons (Fsp3) is 1.00. The van der Waals surface area contributed by atoms with Crippen molar-refractivity contribution in [2.24, 2.45) is 46.3 Å². The van der Waals surface area contributed by atoms with Crippen LogP contribution in [0.15, 0.2) is 0 Å². The van der Waals surface area contributed by atoms with Gasteiger partial charge in [0.1, 0.15) is 0 Å². The number of rotatable bonds is 5. The Morgan fingerprint density at radius 3 is 2.22 bits per heavy atom. The molecule has 3 nitrogen and oxygen atoms in total. The molecule has 4 aliphatic rings. The maximum atomic E-state index is 15.8. The zero-order valence-corrected chi connectivity index (χ0v) is 20.8. The van der Waals surface area contributed by atoms with E-state index in [0.717, 1.165) is 51.4 Å². The summed E-state index contributed by atoms with van der Waals surface area (Å²) in [6.07, 6.45) is 5.63. The maximum Gasteiger partial charge on any atom is 0.251 e. The number of alkyl halides is 2. The molecule has 4 aliphatic carbocycles. The lowest BCUT2D eigenvalue weighted by Gasteiger charge is -2.63. The number of aliphatic hydroxyl groups is 3. The molecule has 4 rings (SSSR count). The Kier molecular flexibility index (Phi) is 6.33. The van der Waals surface area contributed by atoms with Crippen LogP contribution in [-0.2, 0) is 0 Å². The van der Waals surface area contributed by atoms with Crippen molar-refractivity contribution >= 4 is 0 Å². The monoisotopic (exact) mass is 456 g/mol. The minimum absolute atomic E-state index is 0.0414. The normalized spacial score (nSPS) is 49.1. The lowest BCUT2D eigenvalue weighted by atomic mass is 9.43. The van der Waals surface area contributed by atoms with Gasteiger partial charge in [-0.3, -0.25) is 0 Å². The van der Waals surface area contributed by atoms with Crippen molar-refractivity contribution in [1.82, 2.24) is 0 Å². The van der Waals surface area contributed by atoms with Gasteiger partial charge in [0.25, 0.3) is 5.92 Å². The van der Waals surface area contributed by atoms with Crippen LogP contribution in [0.1, 0.15) is 98.8 Å². The van der Waals surface area contributed by atoms with Crippen LogP contribution in [0, 0.1) is 46.3 Å². The third-order valence-electron chi connectivity index (χ3n) is 10.9. The molecule has 186 valence electrons. The van der Waals surface area contributed by atoms with E-state index in [1.165, 1.54) is 0 Å². The third-order valence-corrected chi connectivity index (χ3v) is 10.9. The van der Waals surface area contributed by atoms with Crippen LogP contribution in [0.2, 0.25) is 0 Å². The highest BCUT2D eigenvalue weighted by atomic mass is 19.3. The first-order valence-electron chi connectivity index (χ1n) is 13.2. The van der Waals surface area contributed by atoms with Gasteiger partial charge in [0.15, 0.2) is 0 Å². The van der Waals surface area contributed by atoms with Crippen molar-refractivity contribution < 1.29 is 24.1 Å². The van der Waals surface area contributed by atoms with Crippen molar-refractivity contribution in [3.8, 4) is 0 Å². The van der Waals surface area contributed by atoms with Gasteiger partial charge in [-0.25, -0.2) is 8.78 Å². The molecular formula is C27H46F2O3. The average molecular weight is 457 g/mol. The van der Waals surface area contributed by atoms with Crippen LogP contribution < -0.4 is 0 Å². The van der Waals surface area contributed by atoms with E-state index in [-0.39, 0.29) is 29.1 Å². The molecular weight excluding hydrogens is 410 g/mol. The predicted octanol–water partition coefficient (Wildman–Crippen LogP) is 5.80. The van der Waals surface area contributed by atoms with Crippen LogP contribution in [0.5, 0.6) is 0 Å². The van der Waals surface area contributed by atoms with E-state index in [2.05, 4.69) is 20.8 Å². The van der Waals surface area contributed by atoms with Gasteiger partial charge in [-0.2, -0.15) is 0 Å². The SMILES string of the molecule is C[C@H](CCCC(C)(C)O)[C@H]1CC[C@H]2[C@H]3[C@H](CC[C@]12C)[C@@]1(C)CC[C@H](O)C(O)C1CC3(F)F. The quantitative estimate of drug-likeness (QED) is 0.490. The topological polar surface area (TPSA) is 60.7 Å². The lowest BCUT2D eigenvalue weighted by molar-refractivity contribution is -0.258. The molecule has 4 fully saturated rings. The van der Waals surface area contributed by atoms with Gasteiger partial charge in [-0.15, -0.1) is 0 Å². The summed E-state index contributed by atoms with van der Waals surface area (Å²) in [6, 6.07) is 0. The highest BCUT2D eigenvalue weighted by Gasteiger charge is 2.69. The molecule has 4 saturated carbocycles. The molecule has 0 aromatic carbocycles. The first kappa shape index (κ1) is 24.9. The number of fused-ring (bicyclic) bond motifs is 5. The highest BCUT2D eigenvalue weighted by Crippen LogP contribution is 2.71. The van der Waals surface area contributed by atoms with Crippen LogP contribution in [0.3, 0.4) is 0 Å². The van der Waals surface area contributed by atoms with E-state index in [9.17, 15) is 15.3 Å². The minimum atomic E-state index is -2.78. The molecule has 10 atom stereocenters. The van der Waals surface area contributed by atoms with Crippen molar-refractivity contribution in [3.05, 3.63) is 0 Å². The standard InChI is InChI=1S/C27H46F2O3/c1-16(7-6-12-24(2,3)32)17-8-9-18-22-19(10-13-25(17,18)4)26(5)14-11-21(30)23(31)20(26)15-27(22,28)29/h16-23,30-32H,6-15H2,1-5H3/t16-,17-,18+,19+,20?,21+,22+,23?,25-,26-/m1/s1. The maximum absolute atomic E-state index is 15.8. The first-order chi connectivity index (χ1) is 14.7. The van der Waals surface area contributed by atoms with Gasteiger partial charge in [0.2, 0.25) is 0 Å². The summed E-state index contributed by atoms with van der Waals surface area (Å²) in [6.45, 7) is 10.4. The number of halogens is 2. The zero-order valence-electron chi connectivity index (χ0n) is 20.8. The first-order valence-corrected chi connectivity index (χ1v) is 13.2. The molecule has 0 spiro atoms. The molecule has 0 aromatic rings. The number of hydrogen-bond donors (Lipinski definition) is 3. The fourth-order valence-corrected chi connectivity index (χ4v) is 9.22. The fourth-order valence-electron chi connectivity index (χ4n) is 9.22. The third kappa shape index (κ3) is 3.96. The summed E-state index contributed by atoms with van der Waals surface area (Å²) in [5.74, 6) is -2.96. The lowest BCUT2D eigenvalue weighted by Crippen LogP contribution is -2.64. The summed E-state index contributed by atoms with van der Waals surface area (Å²) >= 11 is 0. The molecule has 5 heteroatoms. The van der Waals surface area contributed by atoms with E-state index in [4.69, 9.17) is 0 Å². The van der Waals surface area contributed by atoms with Gasteiger partial charge in [-0.05, 0) is 99.2 Å². The van der Waals surface area contributed by atoms with Crippen LogP contribution in [0.25, 0.3) is 0 Å². The molecule has 0 aliphatic heterocycles. The van der Waals surface area contributed by atoms with Gasteiger partial charge in [0.05, 0.1) is 17.8 Å². The average Bonchev–Trinajstić information content (AvgIpc) is 3.03. The summed E-state index contributed by atoms with van der Waals surface area (Å²) in [4.78, 5) is 0. The summed E-state index contributed by atoms with van der Waals surface area (Å²) in [7, 11) is 0. The molecule has 3 N–H and O–H groups in total. The Hall–Kier alpha value is -0.260. The Morgan fingerprint density at radius 2 is 1.56 bits per heavy atom. The largest absolute Gasteiger partial charge is 0.390 e. The highest BCUT2D eigenvalue weighted by molar-refractivity contribution is 5.15. The van der Waals surface area contributed by atoms with Gasteiger partial charge >= 0.3 is 0 Å². The molecule has 2 unspecified atom stereocenters. The van der Waals surface area contributed by atoms with E-state index in [1.54, 1.807) is 0 Å². The number of hydrogen-bond acceptors (Lipinski definition) is 3. The van der Waals surface area contributed by atoms with E-state index in [1.807, 2.05) is 13.8 Å². The predicted molar refractivity (Wildman–Crippen MR) is 122 cm³/mol. The Bertz CT molecular complexity index is 691. The van der Waals surface area contributed by atoms with Crippen molar-refractivity contribution in [2.45, 2.75) is 123 Å². The van der Waals surface area contributed by atoms with Gasteiger partial charge in [0, 0.05) is 12.3 Å². The molecule has 0 amide bonds. The second kappa shape index (κ2) is 8.16. The minimum Gasteiger partial charge on any atom is -0.390 e. The van der Waals surface area contributed by atoms with Crippen molar-refractivity contribution in [2.75, 3.05) is 0 Å². The zero-order chi connectivity index (χ0) is 23.7.